The summed E-state index contributed by atoms with van der Waals surface area (Å²) in [5.41, 5.74) is 3.62. The van der Waals surface area contributed by atoms with Gasteiger partial charge in [0.05, 0.1) is 17.1 Å². The van der Waals surface area contributed by atoms with Crippen LogP contribution in [0.5, 0.6) is 0 Å². The second-order valence-corrected chi connectivity index (χ2v) is 7.96. The summed E-state index contributed by atoms with van der Waals surface area (Å²) in [6.07, 6.45) is 0. The van der Waals surface area contributed by atoms with Gasteiger partial charge in [-0.15, -0.1) is 0 Å². The molecule has 0 spiro atoms. The summed E-state index contributed by atoms with van der Waals surface area (Å²) in [6.45, 7) is 4.20. The maximum Gasteiger partial charge on any atom is 0.264 e. The molecule has 0 bridgehead atoms. The van der Waals surface area contributed by atoms with Crippen molar-refractivity contribution in [2.24, 2.45) is 0 Å². The topological polar surface area (TPSA) is 37.4 Å². The number of benzene rings is 3. The van der Waals surface area contributed by atoms with E-state index < -0.39 is 10.0 Å². The molecular formula is C21H21NO2S. The molecule has 3 aromatic carbocycles. The highest BCUT2D eigenvalue weighted by Gasteiger charge is 2.26. The van der Waals surface area contributed by atoms with Gasteiger partial charge in [-0.25, -0.2) is 8.42 Å². The molecule has 0 saturated carbocycles. The van der Waals surface area contributed by atoms with E-state index in [2.05, 4.69) is 0 Å². The third kappa shape index (κ3) is 3.74. The summed E-state index contributed by atoms with van der Waals surface area (Å²) in [4.78, 5) is 0.298. The van der Waals surface area contributed by atoms with Crippen LogP contribution in [0.4, 0.5) is 5.69 Å². The van der Waals surface area contributed by atoms with E-state index in [1.807, 2.05) is 68.4 Å². The molecule has 0 heterocycles. The third-order valence-corrected chi connectivity index (χ3v) is 5.91. The number of hydrogen-bond acceptors (Lipinski definition) is 2. The largest absolute Gasteiger partial charge is 0.264 e. The van der Waals surface area contributed by atoms with Crippen LogP contribution in [0, 0.1) is 13.8 Å². The number of aryl methyl sites for hydroxylation is 2. The van der Waals surface area contributed by atoms with Crippen LogP contribution in [0.2, 0.25) is 0 Å². The average Bonchev–Trinajstić information content (AvgIpc) is 2.63. The molecule has 0 aliphatic carbocycles. The number of hydrogen-bond donors (Lipinski definition) is 0. The lowest BCUT2D eigenvalue weighted by atomic mass is 10.1. The van der Waals surface area contributed by atoms with E-state index in [4.69, 9.17) is 0 Å². The molecule has 3 aromatic rings. The molecule has 25 heavy (non-hydrogen) atoms. The standard InChI is InChI=1S/C21H21NO2S/c1-17-13-14-18(2)21(15-17)22(16-19-9-5-3-6-10-19)25(23,24)20-11-7-4-8-12-20/h3-15H,16H2,1-2H3. The zero-order valence-electron chi connectivity index (χ0n) is 14.4. The van der Waals surface area contributed by atoms with Gasteiger partial charge in [0, 0.05) is 0 Å². The fourth-order valence-corrected chi connectivity index (χ4v) is 4.29. The van der Waals surface area contributed by atoms with Crippen LogP contribution < -0.4 is 4.31 Å². The van der Waals surface area contributed by atoms with Gasteiger partial charge in [-0.05, 0) is 48.7 Å². The quantitative estimate of drug-likeness (QED) is 0.668. The minimum absolute atomic E-state index is 0.294. The molecule has 0 amide bonds. The summed E-state index contributed by atoms with van der Waals surface area (Å²) < 4.78 is 28.2. The summed E-state index contributed by atoms with van der Waals surface area (Å²) in [5.74, 6) is 0. The molecule has 0 atom stereocenters. The molecule has 3 nitrogen and oxygen atoms in total. The molecule has 0 aliphatic heterocycles. The van der Waals surface area contributed by atoms with Gasteiger partial charge in [0.2, 0.25) is 0 Å². The predicted octanol–water partition coefficient (Wildman–Crippen LogP) is 4.70. The first-order valence-electron chi connectivity index (χ1n) is 8.17. The van der Waals surface area contributed by atoms with Gasteiger partial charge in [0.25, 0.3) is 10.0 Å². The van der Waals surface area contributed by atoms with Crippen LogP contribution in [0.15, 0.2) is 83.8 Å². The van der Waals surface area contributed by atoms with E-state index in [0.29, 0.717) is 17.1 Å². The molecule has 0 N–H and O–H groups in total. The first-order valence-corrected chi connectivity index (χ1v) is 9.61. The minimum Gasteiger partial charge on any atom is -0.262 e. The van der Waals surface area contributed by atoms with Crippen molar-refractivity contribution in [2.45, 2.75) is 25.3 Å². The summed E-state index contributed by atoms with van der Waals surface area (Å²) >= 11 is 0. The Bertz CT molecular complexity index is 952. The van der Waals surface area contributed by atoms with Crippen molar-refractivity contribution in [2.75, 3.05) is 4.31 Å². The van der Waals surface area contributed by atoms with E-state index in [-0.39, 0.29) is 0 Å². The second kappa shape index (κ2) is 7.11. The van der Waals surface area contributed by atoms with Crippen molar-refractivity contribution in [3.05, 3.63) is 95.6 Å². The fraction of sp³-hybridized carbons (Fsp3) is 0.143. The fourth-order valence-electron chi connectivity index (χ4n) is 2.76. The highest BCUT2D eigenvalue weighted by molar-refractivity contribution is 7.92. The van der Waals surface area contributed by atoms with Gasteiger partial charge in [-0.3, -0.25) is 4.31 Å². The first-order chi connectivity index (χ1) is 12.0. The number of sulfonamides is 1. The third-order valence-electron chi connectivity index (χ3n) is 4.13. The molecule has 0 saturated heterocycles. The maximum atomic E-state index is 13.3. The zero-order chi connectivity index (χ0) is 17.9. The van der Waals surface area contributed by atoms with Gasteiger partial charge in [0.1, 0.15) is 0 Å². The van der Waals surface area contributed by atoms with E-state index in [9.17, 15) is 8.42 Å². The Morgan fingerprint density at radius 1 is 0.800 bits per heavy atom. The van der Waals surface area contributed by atoms with Gasteiger partial charge < -0.3 is 0 Å². The highest BCUT2D eigenvalue weighted by atomic mass is 32.2. The normalized spacial score (nSPS) is 11.3. The van der Waals surface area contributed by atoms with Crippen LogP contribution in [-0.4, -0.2) is 8.42 Å². The van der Waals surface area contributed by atoms with Gasteiger partial charge in [-0.1, -0.05) is 60.7 Å². The number of rotatable bonds is 5. The monoisotopic (exact) mass is 351 g/mol. The van der Waals surface area contributed by atoms with E-state index in [0.717, 1.165) is 16.7 Å². The van der Waals surface area contributed by atoms with Crippen molar-refractivity contribution < 1.29 is 8.42 Å². The Hall–Kier alpha value is -2.59. The maximum absolute atomic E-state index is 13.3. The van der Waals surface area contributed by atoms with Crippen LogP contribution in [-0.2, 0) is 16.6 Å². The first kappa shape index (κ1) is 17.2. The summed E-state index contributed by atoms with van der Waals surface area (Å²) in [5, 5.41) is 0. The Kier molecular flexibility index (Phi) is 4.91. The molecule has 0 fully saturated rings. The SMILES string of the molecule is Cc1ccc(C)c(N(Cc2ccccc2)S(=O)(=O)c2ccccc2)c1. The Morgan fingerprint density at radius 2 is 1.40 bits per heavy atom. The van der Waals surface area contributed by atoms with Crippen LogP contribution >= 0.6 is 0 Å². The van der Waals surface area contributed by atoms with Crippen molar-refractivity contribution in [1.82, 2.24) is 0 Å². The van der Waals surface area contributed by atoms with Crippen LogP contribution in [0.1, 0.15) is 16.7 Å². The van der Waals surface area contributed by atoms with Crippen molar-refractivity contribution in [3.63, 3.8) is 0 Å². The number of nitrogens with zero attached hydrogens (tertiary/aromatic N) is 1. The number of anilines is 1. The molecule has 0 radical (unpaired) electrons. The molecule has 3 rings (SSSR count). The lowest BCUT2D eigenvalue weighted by Gasteiger charge is -2.26. The average molecular weight is 351 g/mol. The molecule has 128 valence electrons. The lowest BCUT2D eigenvalue weighted by molar-refractivity contribution is 0.590. The van der Waals surface area contributed by atoms with Crippen LogP contribution in [0.3, 0.4) is 0 Å². The Morgan fingerprint density at radius 3 is 2.04 bits per heavy atom. The molecule has 0 unspecified atom stereocenters. The summed E-state index contributed by atoms with van der Waals surface area (Å²) in [6, 6.07) is 24.1. The van der Waals surface area contributed by atoms with Gasteiger partial charge in [-0.2, -0.15) is 0 Å². The smallest absolute Gasteiger partial charge is 0.262 e. The van der Waals surface area contributed by atoms with Crippen molar-refractivity contribution >= 4 is 15.7 Å². The molecule has 0 aliphatic rings. The van der Waals surface area contributed by atoms with Gasteiger partial charge in [0.15, 0.2) is 0 Å². The minimum atomic E-state index is -3.66. The molecular weight excluding hydrogens is 330 g/mol. The van der Waals surface area contributed by atoms with Crippen molar-refractivity contribution in [3.8, 4) is 0 Å². The van der Waals surface area contributed by atoms with Crippen molar-refractivity contribution in [1.29, 1.82) is 0 Å². The Balaban J connectivity index is 2.14. The summed E-state index contributed by atoms with van der Waals surface area (Å²) in [7, 11) is -3.66. The van der Waals surface area contributed by atoms with Gasteiger partial charge >= 0.3 is 0 Å². The second-order valence-electron chi connectivity index (χ2n) is 6.10. The van der Waals surface area contributed by atoms with Crippen LogP contribution in [0.25, 0.3) is 0 Å². The van der Waals surface area contributed by atoms with E-state index in [1.165, 1.54) is 4.31 Å². The molecule has 4 heteroatoms. The molecule has 0 aromatic heterocycles. The Labute approximate surface area is 149 Å². The zero-order valence-corrected chi connectivity index (χ0v) is 15.2. The van der Waals surface area contributed by atoms with E-state index in [1.54, 1.807) is 24.3 Å². The van der Waals surface area contributed by atoms with E-state index >= 15 is 0 Å². The lowest BCUT2D eigenvalue weighted by Crippen LogP contribution is -2.31. The predicted molar refractivity (Wildman–Crippen MR) is 102 cm³/mol. The highest BCUT2D eigenvalue weighted by Crippen LogP contribution is 2.29.